The van der Waals surface area contributed by atoms with E-state index in [1.165, 1.54) is 12.1 Å². The monoisotopic (exact) mass is 426 g/mol. The maximum absolute atomic E-state index is 12.7. The largest absolute Gasteiger partial charge is 0.478 e. The number of rotatable bonds is 4. The molecule has 1 saturated heterocycles. The van der Waals surface area contributed by atoms with Gasteiger partial charge in [-0.2, -0.15) is 5.26 Å². The van der Waals surface area contributed by atoms with Crippen molar-refractivity contribution in [2.24, 2.45) is 0 Å². The summed E-state index contributed by atoms with van der Waals surface area (Å²) < 4.78 is 0. The molecular formula is C22H23ClN4O3. The second-order valence-electron chi connectivity index (χ2n) is 7.44. The van der Waals surface area contributed by atoms with Crippen molar-refractivity contribution in [2.75, 3.05) is 18.0 Å². The molecule has 0 bridgehead atoms. The van der Waals surface area contributed by atoms with Gasteiger partial charge in [0.1, 0.15) is 6.07 Å². The van der Waals surface area contributed by atoms with Gasteiger partial charge in [-0.3, -0.25) is 0 Å². The first-order valence-corrected chi connectivity index (χ1v) is 10.0. The second-order valence-corrected chi connectivity index (χ2v) is 7.85. The summed E-state index contributed by atoms with van der Waals surface area (Å²) in [6, 6.07) is 13.8. The number of carboxylic acid groups (broad SMARTS) is 1. The van der Waals surface area contributed by atoms with E-state index in [2.05, 4.69) is 16.3 Å². The van der Waals surface area contributed by atoms with Gasteiger partial charge in [0.05, 0.1) is 16.1 Å². The zero-order valence-corrected chi connectivity index (χ0v) is 17.6. The number of benzene rings is 2. The summed E-state index contributed by atoms with van der Waals surface area (Å²) in [4.78, 5) is 27.6. The van der Waals surface area contributed by atoms with Crippen molar-refractivity contribution in [3.63, 3.8) is 0 Å². The van der Waals surface area contributed by atoms with Crippen LogP contribution in [-0.2, 0) is 6.54 Å². The lowest BCUT2D eigenvalue weighted by Crippen LogP contribution is -2.60. The molecule has 0 radical (unpaired) electrons. The topological polar surface area (TPSA) is 96.7 Å². The molecule has 30 heavy (non-hydrogen) atoms. The van der Waals surface area contributed by atoms with Crippen LogP contribution in [0.15, 0.2) is 42.5 Å². The Balaban J connectivity index is 1.62. The highest BCUT2D eigenvalue weighted by Gasteiger charge is 2.32. The number of nitrogens with zero attached hydrogens (tertiary/aromatic N) is 3. The van der Waals surface area contributed by atoms with Gasteiger partial charge in [0, 0.05) is 37.4 Å². The van der Waals surface area contributed by atoms with Crippen molar-refractivity contribution in [1.82, 2.24) is 10.2 Å². The second kappa shape index (κ2) is 9.06. The number of nitriles is 1. The van der Waals surface area contributed by atoms with Crippen LogP contribution in [0.4, 0.5) is 10.5 Å². The highest BCUT2D eigenvalue weighted by Crippen LogP contribution is 2.28. The molecule has 2 aromatic carbocycles. The summed E-state index contributed by atoms with van der Waals surface area (Å²) >= 11 is 6.18. The van der Waals surface area contributed by atoms with Gasteiger partial charge in [-0.1, -0.05) is 23.7 Å². The molecule has 156 valence electrons. The molecule has 0 spiro atoms. The first-order chi connectivity index (χ1) is 14.3. The van der Waals surface area contributed by atoms with Crippen molar-refractivity contribution in [2.45, 2.75) is 32.5 Å². The van der Waals surface area contributed by atoms with Crippen LogP contribution in [0.25, 0.3) is 0 Å². The number of piperazine rings is 1. The number of carbonyl (C=O) groups excluding carboxylic acids is 1. The lowest BCUT2D eigenvalue weighted by Gasteiger charge is -2.45. The predicted molar refractivity (Wildman–Crippen MR) is 115 cm³/mol. The lowest BCUT2D eigenvalue weighted by atomic mass is 10.1. The van der Waals surface area contributed by atoms with Gasteiger partial charge in [0.15, 0.2) is 0 Å². The summed E-state index contributed by atoms with van der Waals surface area (Å²) in [6.45, 7) is 5.55. The third-order valence-corrected chi connectivity index (χ3v) is 5.61. The predicted octanol–water partition coefficient (Wildman–Crippen LogP) is 3.72. The van der Waals surface area contributed by atoms with Crippen molar-refractivity contribution in [3.05, 3.63) is 64.2 Å². The number of aromatic carboxylic acids is 1. The highest BCUT2D eigenvalue weighted by atomic mass is 35.5. The Bertz CT molecular complexity index is 987. The number of nitrogens with one attached hydrogen (secondary N) is 1. The number of carboxylic acids is 1. The fraction of sp³-hybridized carbons (Fsp3) is 0.318. The molecule has 2 atom stereocenters. The zero-order chi connectivity index (χ0) is 21.8. The molecule has 2 N–H and O–H groups in total. The summed E-state index contributed by atoms with van der Waals surface area (Å²) in [7, 11) is 0. The Kier molecular flexibility index (Phi) is 6.48. The summed E-state index contributed by atoms with van der Waals surface area (Å²) in [5.74, 6) is -0.977. The molecule has 2 aromatic rings. The quantitative estimate of drug-likeness (QED) is 0.776. The molecule has 1 heterocycles. The third kappa shape index (κ3) is 4.66. The molecule has 0 saturated carbocycles. The van der Waals surface area contributed by atoms with Crippen molar-refractivity contribution >= 4 is 29.3 Å². The van der Waals surface area contributed by atoms with Gasteiger partial charge in [-0.05, 0) is 49.7 Å². The van der Waals surface area contributed by atoms with E-state index >= 15 is 0 Å². The Morgan fingerprint density at radius 2 is 1.87 bits per heavy atom. The fourth-order valence-corrected chi connectivity index (χ4v) is 3.80. The average Bonchev–Trinajstić information content (AvgIpc) is 2.73. The minimum Gasteiger partial charge on any atom is -0.478 e. The van der Waals surface area contributed by atoms with Gasteiger partial charge in [-0.15, -0.1) is 0 Å². The molecule has 1 fully saturated rings. The molecule has 0 aromatic heterocycles. The summed E-state index contributed by atoms with van der Waals surface area (Å²) in [6.07, 6.45) is 0. The minimum atomic E-state index is -0.977. The third-order valence-electron chi connectivity index (χ3n) is 5.30. The number of halogens is 1. The van der Waals surface area contributed by atoms with E-state index in [0.29, 0.717) is 30.2 Å². The first kappa shape index (κ1) is 21.5. The average molecular weight is 427 g/mol. The molecule has 1 aliphatic rings. The normalized spacial score (nSPS) is 18.6. The molecule has 1 aliphatic heterocycles. The zero-order valence-electron chi connectivity index (χ0n) is 16.8. The Morgan fingerprint density at radius 3 is 2.47 bits per heavy atom. The lowest BCUT2D eigenvalue weighted by molar-refractivity contribution is 0.0696. The van der Waals surface area contributed by atoms with Gasteiger partial charge in [0.2, 0.25) is 0 Å². The maximum Gasteiger partial charge on any atom is 0.335 e. The van der Waals surface area contributed by atoms with Crippen LogP contribution in [0.1, 0.15) is 35.3 Å². The van der Waals surface area contributed by atoms with E-state index in [9.17, 15) is 9.59 Å². The smallest absolute Gasteiger partial charge is 0.335 e. The number of anilines is 1. The summed E-state index contributed by atoms with van der Waals surface area (Å²) in [5.41, 5.74) is 2.42. The number of urea groups is 1. The SMILES string of the molecule is C[C@@H]1CN(c2ccc(C#N)c(Cl)c2)[C@@H](C)CN1C(=O)NCc1ccc(C(=O)O)cc1. The number of hydrogen-bond acceptors (Lipinski definition) is 4. The van der Waals surface area contributed by atoms with E-state index in [4.69, 9.17) is 22.0 Å². The molecule has 2 amide bonds. The first-order valence-electron chi connectivity index (χ1n) is 9.63. The summed E-state index contributed by atoms with van der Waals surface area (Å²) in [5, 5.41) is 21.3. The van der Waals surface area contributed by atoms with Crippen LogP contribution < -0.4 is 10.2 Å². The van der Waals surface area contributed by atoms with Crippen LogP contribution >= 0.6 is 11.6 Å². The Hall–Kier alpha value is -3.24. The highest BCUT2D eigenvalue weighted by molar-refractivity contribution is 6.32. The van der Waals surface area contributed by atoms with E-state index in [-0.39, 0.29) is 23.7 Å². The molecule has 3 rings (SSSR count). The maximum atomic E-state index is 12.7. The number of hydrogen-bond donors (Lipinski definition) is 2. The molecule has 8 heteroatoms. The van der Waals surface area contributed by atoms with Gasteiger partial charge >= 0.3 is 12.0 Å². The Morgan fingerprint density at radius 1 is 1.17 bits per heavy atom. The van der Waals surface area contributed by atoms with E-state index in [0.717, 1.165) is 11.3 Å². The minimum absolute atomic E-state index is 0.0231. The molecular weight excluding hydrogens is 404 g/mol. The van der Waals surface area contributed by atoms with Crippen LogP contribution in [0.3, 0.4) is 0 Å². The van der Waals surface area contributed by atoms with E-state index in [1.54, 1.807) is 29.2 Å². The van der Waals surface area contributed by atoms with Crippen LogP contribution in [0.5, 0.6) is 0 Å². The molecule has 7 nitrogen and oxygen atoms in total. The standard InChI is InChI=1S/C22H23ClN4O3/c1-14-13-27(22(30)25-11-16-3-5-17(6-4-16)21(28)29)15(2)12-26(14)19-8-7-18(10-24)20(23)9-19/h3-9,14-15H,11-13H2,1-2H3,(H,25,30)(H,28,29)/t14-,15+/m0/s1. The van der Waals surface area contributed by atoms with Gasteiger partial charge in [0.25, 0.3) is 0 Å². The van der Waals surface area contributed by atoms with Crippen LogP contribution in [-0.4, -0.2) is 47.2 Å². The molecule has 0 aliphatic carbocycles. The number of carbonyl (C=O) groups is 2. The van der Waals surface area contributed by atoms with Crippen molar-refractivity contribution < 1.29 is 14.7 Å². The van der Waals surface area contributed by atoms with Crippen molar-refractivity contribution in [1.29, 1.82) is 5.26 Å². The fourth-order valence-electron chi connectivity index (χ4n) is 3.59. The number of amides is 2. The van der Waals surface area contributed by atoms with Crippen LogP contribution in [0.2, 0.25) is 5.02 Å². The van der Waals surface area contributed by atoms with Crippen LogP contribution in [0, 0.1) is 11.3 Å². The van der Waals surface area contributed by atoms with Gasteiger partial charge < -0.3 is 20.2 Å². The Labute approximate surface area is 180 Å². The molecule has 0 unspecified atom stereocenters. The van der Waals surface area contributed by atoms with Crippen molar-refractivity contribution in [3.8, 4) is 6.07 Å². The van der Waals surface area contributed by atoms with Gasteiger partial charge in [-0.25, -0.2) is 9.59 Å². The van der Waals surface area contributed by atoms with E-state index in [1.807, 2.05) is 19.9 Å². The van der Waals surface area contributed by atoms with E-state index < -0.39 is 5.97 Å².